The number of rotatable bonds is 12. The van der Waals surface area contributed by atoms with Crippen molar-refractivity contribution in [2.75, 3.05) is 36.9 Å². The number of fused-ring (bicyclic) bond motifs is 1. The van der Waals surface area contributed by atoms with Crippen LogP contribution in [0.2, 0.25) is 0 Å². The number of nitrogens with one attached hydrogen (secondary N) is 1. The van der Waals surface area contributed by atoms with E-state index in [4.69, 9.17) is 9.47 Å². The molecule has 0 spiro atoms. The van der Waals surface area contributed by atoms with Gasteiger partial charge in [0.05, 0.1) is 11.9 Å². The fourth-order valence-electron chi connectivity index (χ4n) is 3.98. The molecule has 0 saturated carbocycles. The minimum Gasteiger partial charge on any atom is -0.486 e. The van der Waals surface area contributed by atoms with Crippen LogP contribution in [-0.4, -0.2) is 63.7 Å². The van der Waals surface area contributed by atoms with E-state index in [-0.39, 0.29) is 37.7 Å². The van der Waals surface area contributed by atoms with Crippen molar-refractivity contribution in [2.45, 2.75) is 45.7 Å². The normalized spacial score (nSPS) is 13.5. The Morgan fingerprint density at radius 3 is 2.49 bits per heavy atom. The Labute approximate surface area is 217 Å². The average Bonchev–Trinajstić information content (AvgIpc) is 2.87. The van der Waals surface area contributed by atoms with Gasteiger partial charge >= 0.3 is 0 Å². The second kappa shape index (κ2) is 12.8. The van der Waals surface area contributed by atoms with Gasteiger partial charge in [-0.25, -0.2) is 12.8 Å². The van der Waals surface area contributed by atoms with Crippen molar-refractivity contribution >= 4 is 27.5 Å². The third-order valence-corrected chi connectivity index (χ3v) is 7.18. The molecule has 1 N–H and O–H groups in total. The van der Waals surface area contributed by atoms with Crippen LogP contribution in [-0.2, 0) is 26.2 Å². The Balaban J connectivity index is 1.73. The summed E-state index contributed by atoms with van der Waals surface area (Å²) >= 11 is 0. The molecule has 9 nitrogen and oxygen atoms in total. The van der Waals surface area contributed by atoms with Gasteiger partial charge in [0.2, 0.25) is 21.8 Å². The zero-order valence-corrected chi connectivity index (χ0v) is 22.2. The molecule has 1 aliphatic heterocycles. The zero-order chi connectivity index (χ0) is 27.0. The van der Waals surface area contributed by atoms with E-state index in [9.17, 15) is 22.4 Å². The molecule has 37 heavy (non-hydrogen) atoms. The molecule has 3 rings (SSSR count). The van der Waals surface area contributed by atoms with Gasteiger partial charge in [-0.2, -0.15) is 0 Å². The van der Waals surface area contributed by atoms with Crippen LogP contribution in [0, 0.1) is 5.82 Å². The van der Waals surface area contributed by atoms with Crippen LogP contribution in [0.25, 0.3) is 0 Å². The lowest BCUT2D eigenvalue weighted by molar-refractivity contribution is -0.140. The minimum absolute atomic E-state index is 0.0313. The standard InChI is InChI=1S/C26H34FN3O6S/c1-4-13-28-26(32)19(2)29(18-20-8-5-6-9-22(20)27)25(31)10-7-14-30(37(3,33)34)21-11-12-23-24(17-21)36-16-15-35-23/h5-6,8-9,11-12,17,19H,4,7,10,13-16,18H2,1-3H3,(H,28,32)/t19-/m1/s1. The second-order valence-electron chi connectivity index (χ2n) is 8.85. The first-order valence-electron chi connectivity index (χ1n) is 12.3. The first-order chi connectivity index (χ1) is 17.6. The van der Waals surface area contributed by atoms with Gasteiger partial charge in [0, 0.05) is 37.7 Å². The molecule has 1 heterocycles. The van der Waals surface area contributed by atoms with Gasteiger partial charge < -0.3 is 19.7 Å². The predicted octanol–water partition coefficient (Wildman–Crippen LogP) is 3.09. The summed E-state index contributed by atoms with van der Waals surface area (Å²) in [5, 5.41) is 2.77. The van der Waals surface area contributed by atoms with Gasteiger partial charge in [0.1, 0.15) is 25.1 Å². The molecule has 0 radical (unpaired) electrons. The highest BCUT2D eigenvalue weighted by atomic mass is 32.2. The summed E-state index contributed by atoms with van der Waals surface area (Å²) in [6.07, 6.45) is 1.99. The number of ether oxygens (including phenoxy) is 2. The lowest BCUT2D eigenvalue weighted by atomic mass is 10.1. The maximum absolute atomic E-state index is 14.3. The van der Waals surface area contributed by atoms with E-state index in [0.29, 0.717) is 42.5 Å². The molecule has 2 amide bonds. The van der Waals surface area contributed by atoms with E-state index < -0.39 is 21.9 Å². The molecular formula is C26H34FN3O6S. The topological polar surface area (TPSA) is 105 Å². The maximum atomic E-state index is 14.3. The van der Waals surface area contributed by atoms with Crippen LogP contribution in [0.4, 0.5) is 10.1 Å². The molecule has 0 aromatic heterocycles. The summed E-state index contributed by atoms with van der Waals surface area (Å²) in [5.41, 5.74) is 0.690. The molecule has 11 heteroatoms. The molecular weight excluding hydrogens is 501 g/mol. The van der Waals surface area contributed by atoms with Crippen molar-refractivity contribution in [2.24, 2.45) is 0 Å². The first kappa shape index (κ1) is 28.2. The fraction of sp³-hybridized carbons (Fsp3) is 0.462. The van der Waals surface area contributed by atoms with Crippen LogP contribution in [0.15, 0.2) is 42.5 Å². The number of amides is 2. The van der Waals surface area contributed by atoms with Crippen molar-refractivity contribution < 1.29 is 31.9 Å². The van der Waals surface area contributed by atoms with Crippen molar-refractivity contribution in [3.63, 3.8) is 0 Å². The smallest absolute Gasteiger partial charge is 0.242 e. The fourth-order valence-corrected chi connectivity index (χ4v) is 4.94. The number of anilines is 1. The Bertz CT molecular complexity index is 1210. The SMILES string of the molecule is CCCNC(=O)[C@@H](C)N(Cc1ccccc1F)C(=O)CCCN(c1ccc2c(c1)OCCO2)S(C)(=O)=O. The Kier molecular flexibility index (Phi) is 9.73. The van der Waals surface area contributed by atoms with Crippen molar-refractivity contribution in [1.29, 1.82) is 0 Å². The minimum atomic E-state index is -3.66. The Morgan fingerprint density at radius 2 is 1.81 bits per heavy atom. The van der Waals surface area contributed by atoms with E-state index in [1.807, 2.05) is 6.92 Å². The Morgan fingerprint density at radius 1 is 1.11 bits per heavy atom. The van der Waals surface area contributed by atoms with Crippen molar-refractivity contribution in [3.8, 4) is 11.5 Å². The van der Waals surface area contributed by atoms with Crippen LogP contribution < -0.4 is 19.1 Å². The van der Waals surface area contributed by atoms with Gasteiger partial charge in [0.25, 0.3) is 0 Å². The Hall–Kier alpha value is -3.34. The molecule has 1 aliphatic rings. The number of carbonyl (C=O) groups excluding carboxylic acids is 2. The second-order valence-corrected chi connectivity index (χ2v) is 10.8. The van der Waals surface area contributed by atoms with Crippen LogP contribution in [0.1, 0.15) is 38.7 Å². The van der Waals surface area contributed by atoms with E-state index >= 15 is 0 Å². The number of benzene rings is 2. The third kappa shape index (κ3) is 7.58. The lowest BCUT2D eigenvalue weighted by Gasteiger charge is -2.29. The van der Waals surface area contributed by atoms with Crippen LogP contribution >= 0.6 is 0 Å². The number of nitrogens with zero attached hydrogens (tertiary/aromatic N) is 2. The molecule has 2 aromatic carbocycles. The van der Waals surface area contributed by atoms with E-state index in [1.54, 1.807) is 43.3 Å². The van der Waals surface area contributed by atoms with Crippen LogP contribution in [0.3, 0.4) is 0 Å². The molecule has 202 valence electrons. The lowest BCUT2D eigenvalue weighted by Crippen LogP contribution is -2.48. The number of sulfonamides is 1. The van der Waals surface area contributed by atoms with Gasteiger partial charge in [-0.15, -0.1) is 0 Å². The van der Waals surface area contributed by atoms with E-state index in [2.05, 4.69) is 5.32 Å². The largest absolute Gasteiger partial charge is 0.486 e. The van der Waals surface area contributed by atoms with E-state index in [1.165, 1.54) is 15.3 Å². The van der Waals surface area contributed by atoms with Crippen LogP contribution in [0.5, 0.6) is 11.5 Å². The molecule has 2 aromatic rings. The highest BCUT2D eigenvalue weighted by Gasteiger charge is 2.27. The zero-order valence-electron chi connectivity index (χ0n) is 21.4. The number of halogens is 1. The molecule has 1 atom stereocenters. The van der Waals surface area contributed by atoms with Gasteiger partial charge in [-0.05, 0) is 38.0 Å². The molecule has 0 unspecified atom stereocenters. The van der Waals surface area contributed by atoms with Gasteiger partial charge in [0.15, 0.2) is 11.5 Å². The first-order valence-corrected chi connectivity index (χ1v) is 14.1. The van der Waals surface area contributed by atoms with Crippen molar-refractivity contribution in [3.05, 3.63) is 53.8 Å². The third-order valence-electron chi connectivity index (χ3n) is 5.98. The predicted molar refractivity (Wildman–Crippen MR) is 139 cm³/mol. The summed E-state index contributed by atoms with van der Waals surface area (Å²) in [6.45, 7) is 4.72. The quantitative estimate of drug-likeness (QED) is 0.448. The summed E-state index contributed by atoms with van der Waals surface area (Å²) in [4.78, 5) is 27.2. The molecule has 0 fully saturated rings. The summed E-state index contributed by atoms with van der Waals surface area (Å²) in [7, 11) is -3.66. The molecule has 0 aliphatic carbocycles. The van der Waals surface area contributed by atoms with Gasteiger partial charge in [-0.3, -0.25) is 13.9 Å². The monoisotopic (exact) mass is 535 g/mol. The highest BCUT2D eigenvalue weighted by Crippen LogP contribution is 2.34. The summed E-state index contributed by atoms with van der Waals surface area (Å²) < 4.78 is 51.7. The van der Waals surface area contributed by atoms with Crippen molar-refractivity contribution in [1.82, 2.24) is 10.2 Å². The summed E-state index contributed by atoms with van der Waals surface area (Å²) in [5.74, 6) is -0.184. The number of hydrogen-bond donors (Lipinski definition) is 1. The molecule has 0 saturated heterocycles. The maximum Gasteiger partial charge on any atom is 0.242 e. The highest BCUT2D eigenvalue weighted by molar-refractivity contribution is 7.92. The average molecular weight is 536 g/mol. The van der Waals surface area contributed by atoms with Gasteiger partial charge in [-0.1, -0.05) is 25.1 Å². The molecule has 0 bridgehead atoms. The summed E-state index contributed by atoms with van der Waals surface area (Å²) in [6, 6.07) is 10.1. The number of carbonyl (C=O) groups is 2. The van der Waals surface area contributed by atoms with E-state index in [0.717, 1.165) is 12.7 Å². The number of hydrogen-bond acceptors (Lipinski definition) is 6.